The van der Waals surface area contributed by atoms with Gasteiger partial charge in [0.05, 0.1) is 6.61 Å². The molecule has 1 fully saturated rings. The van der Waals surface area contributed by atoms with Gasteiger partial charge in [-0.15, -0.1) is 0 Å². The highest BCUT2D eigenvalue weighted by atomic mass is 32.2. The van der Waals surface area contributed by atoms with Gasteiger partial charge in [-0.25, -0.2) is 0 Å². The van der Waals surface area contributed by atoms with Gasteiger partial charge in [-0.05, 0) is 19.9 Å². The summed E-state index contributed by atoms with van der Waals surface area (Å²) < 4.78 is 15.9. The lowest BCUT2D eigenvalue weighted by molar-refractivity contribution is -0.143. The van der Waals surface area contributed by atoms with Crippen molar-refractivity contribution in [3.8, 4) is 0 Å². The zero-order valence-electron chi connectivity index (χ0n) is 9.24. The molecule has 1 rings (SSSR count). The van der Waals surface area contributed by atoms with Crippen LogP contribution in [0.1, 0.15) is 19.8 Å². The quantitative estimate of drug-likeness (QED) is 0.645. The SMILES string of the molecule is CCOC(=O)CCCN1CCS(=O)CC1. The summed E-state index contributed by atoms with van der Waals surface area (Å²) in [6, 6.07) is 0. The van der Waals surface area contributed by atoms with Crippen molar-refractivity contribution >= 4 is 16.8 Å². The second-order valence-electron chi connectivity index (χ2n) is 3.60. The van der Waals surface area contributed by atoms with E-state index in [1.807, 2.05) is 6.92 Å². The lowest BCUT2D eigenvalue weighted by Crippen LogP contribution is -2.38. The van der Waals surface area contributed by atoms with Crippen LogP contribution in [0.3, 0.4) is 0 Å². The predicted molar refractivity (Wildman–Crippen MR) is 60.2 cm³/mol. The highest BCUT2D eigenvalue weighted by molar-refractivity contribution is 7.85. The first-order chi connectivity index (χ1) is 7.22. The van der Waals surface area contributed by atoms with Crippen molar-refractivity contribution in [1.82, 2.24) is 4.90 Å². The van der Waals surface area contributed by atoms with E-state index in [0.29, 0.717) is 13.0 Å². The van der Waals surface area contributed by atoms with Gasteiger partial charge in [0.25, 0.3) is 0 Å². The normalized spacial score (nSPS) is 19.0. The van der Waals surface area contributed by atoms with Crippen LogP contribution in [0.15, 0.2) is 0 Å². The highest BCUT2D eigenvalue weighted by Gasteiger charge is 2.14. The van der Waals surface area contributed by atoms with Gasteiger partial charge in [0.2, 0.25) is 0 Å². The molecule has 1 aliphatic rings. The number of carbonyl (C=O) groups excluding carboxylic acids is 1. The van der Waals surface area contributed by atoms with Gasteiger partial charge >= 0.3 is 5.97 Å². The number of hydrogen-bond donors (Lipinski definition) is 0. The Labute approximate surface area is 93.4 Å². The van der Waals surface area contributed by atoms with Crippen molar-refractivity contribution in [1.29, 1.82) is 0 Å². The average Bonchev–Trinajstić information content (AvgIpc) is 2.21. The number of ether oxygens (including phenoxy) is 1. The molecule has 4 nitrogen and oxygen atoms in total. The molecule has 1 aliphatic heterocycles. The first kappa shape index (κ1) is 12.6. The van der Waals surface area contributed by atoms with Crippen LogP contribution in [-0.2, 0) is 20.3 Å². The van der Waals surface area contributed by atoms with Crippen molar-refractivity contribution < 1.29 is 13.7 Å². The van der Waals surface area contributed by atoms with Crippen LogP contribution in [-0.4, -0.2) is 52.8 Å². The minimum absolute atomic E-state index is 0.113. The molecule has 88 valence electrons. The lowest BCUT2D eigenvalue weighted by Gasteiger charge is -2.25. The average molecular weight is 233 g/mol. The van der Waals surface area contributed by atoms with Crippen molar-refractivity contribution in [2.75, 3.05) is 37.7 Å². The number of nitrogens with zero attached hydrogens (tertiary/aromatic N) is 1. The largest absolute Gasteiger partial charge is 0.466 e. The zero-order chi connectivity index (χ0) is 11.1. The molecule has 0 N–H and O–H groups in total. The number of hydrogen-bond acceptors (Lipinski definition) is 4. The van der Waals surface area contributed by atoms with Crippen LogP contribution in [0.5, 0.6) is 0 Å². The molecule has 0 amide bonds. The van der Waals surface area contributed by atoms with Crippen molar-refractivity contribution in [3.05, 3.63) is 0 Å². The van der Waals surface area contributed by atoms with Crippen LogP contribution in [0.25, 0.3) is 0 Å². The molecule has 1 heterocycles. The van der Waals surface area contributed by atoms with E-state index in [2.05, 4.69) is 4.90 Å². The molecular weight excluding hydrogens is 214 g/mol. The Morgan fingerprint density at radius 3 is 2.67 bits per heavy atom. The zero-order valence-corrected chi connectivity index (χ0v) is 10.1. The van der Waals surface area contributed by atoms with Crippen molar-refractivity contribution in [2.45, 2.75) is 19.8 Å². The van der Waals surface area contributed by atoms with Crippen LogP contribution < -0.4 is 0 Å². The molecule has 5 heteroatoms. The van der Waals surface area contributed by atoms with Gasteiger partial charge in [-0.3, -0.25) is 9.00 Å². The summed E-state index contributed by atoms with van der Waals surface area (Å²) in [7, 11) is -0.612. The second kappa shape index (κ2) is 6.95. The first-order valence-electron chi connectivity index (χ1n) is 5.45. The molecule has 0 atom stereocenters. The minimum atomic E-state index is -0.612. The molecule has 0 radical (unpaired) electrons. The fourth-order valence-corrected chi connectivity index (χ4v) is 2.71. The Hall–Kier alpha value is -0.420. The standard InChI is InChI=1S/C10H19NO3S/c1-2-14-10(12)4-3-5-11-6-8-15(13)9-7-11/h2-9H2,1H3. The summed E-state index contributed by atoms with van der Waals surface area (Å²) in [5.74, 6) is 1.44. The molecule has 0 spiro atoms. The monoisotopic (exact) mass is 233 g/mol. The van der Waals surface area contributed by atoms with Gasteiger partial charge in [-0.1, -0.05) is 0 Å². The predicted octanol–water partition coefficient (Wildman–Crippen LogP) is 0.394. The Kier molecular flexibility index (Phi) is 5.86. The summed E-state index contributed by atoms with van der Waals surface area (Å²) >= 11 is 0. The highest BCUT2D eigenvalue weighted by Crippen LogP contribution is 2.02. The van der Waals surface area contributed by atoms with E-state index in [1.165, 1.54) is 0 Å². The molecule has 1 saturated heterocycles. The van der Waals surface area contributed by atoms with Gasteiger partial charge in [0.15, 0.2) is 0 Å². The first-order valence-corrected chi connectivity index (χ1v) is 6.94. The van der Waals surface area contributed by atoms with Crippen molar-refractivity contribution in [3.63, 3.8) is 0 Å². The molecule has 0 aromatic carbocycles. The molecule has 0 unspecified atom stereocenters. The summed E-state index contributed by atoms with van der Waals surface area (Å²) in [6.07, 6.45) is 1.33. The van der Waals surface area contributed by atoms with Crippen LogP contribution in [0.2, 0.25) is 0 Å². The second-order valence-corrected chi connectivity index (χ2v) is 5.29. The molecule has 0 saturated carbocycles. The Bertz CT molecular complexity index is 223. The van der Waals surface area contributed by atoms with Crippen LogP contribution in [0, 0.1) is 0 Å². The van der Waals surface area contributed by atoms with Gasteiger partial charge < -0.3 is 9.64 Å². The molecule has 0 aromatic rings. The maximum Gasteiger partial charge on any atom is 0.305 e. The molecule has 0 aromatic heterocycles. The van der Waals surface area contributed by atoms with Crippen LogP contribution in [0.4, 0.5) is 0 Å². The Morgan fingerprint density at radius 2 is 2.07 bits per heavy atom. The van der Waals surface area contributed by atoms with Gasteiger partial charge in [0.1, 0.15) is 0 Å². The molecule has 0 aliphatic carbocycles. The maximum absolute atomic E-state index is 11.1. The fourth-order valence-electron chi connectivity index (χ4n) is 1.58. The van der Waals surface area contributed by atoms with Gasteiger partial charge in [-0.2, -0.15) is 0 Å². The molecular formula is C10H19NO3S. The van der Waals surface area contributed by atoms with E-state index in [-0.39, 0.29) is 5.97 Å². The number of carbonyl (C=O) groups is 1. The third-order valence-corrected chi connectivity index (χ3v) is 3.71. The summed E-state index contributed by atoms with van der Waals surface area (Å²) in [5.41, 5.74) is 0. The topological polar surface area (TPSA) is 46.6 Å². The lowest BCUT2D eigenvalue weighted by atomic mass is 10.3. The third-order valence-electron chi connectivity index (χ3n) is 2.43. The van der Waals surface area contributed by atoms with E-state index in [4.69, 9.17) is 4.74 Å². The minimum Gasteiger partial charge on any atom is -0.466 e. The van der Waals surface area contributed by atoms with E-state index in [1.54, 1.807) is 0 Å². The molecule has 15 heavy (non-hydrogen) atoms. The smallest absolute Gasteiger partial charge is 0.305 e. The summed E-state index contributed by atoms with van der Waals surface area (Å²) in [6.45, 7) is 4.99. The van der Waals surface area contributed by atoms with Gasteiger partial charge in [0, 0.05) is 41.8 Å². The number of rotatable bonds is 5. The summed E-state index contributed by atoms with van der Waals surface area (Å²) in [4.78, 5) is 13.3. The van der Waals surface area contributed by atoms with E-state index >= 15 is 0 Å². The fraction of sp³-hybridized carbons (Fsp3) is 0.900. The molecule has 0 bridgehead atoms. The van der Waals surface area contributed by atoms with E-state index in [0.717, 1.165) is 37.6 Å². The third kappa shape index (κ3) is 5.28. The van der Waals surface area contributed by atoms with Crippen molar-refractivity contribution in [2.24, 2.45) is 0 Å². The summed E-state index contributed by atoms with van der Waals surface area (Å²) in [5, 5.41) is 0. The van der Waals surface area contributed by atoms with E-state index in [9.17, 15) is 9.00 Å². The Balaban J connectivity index is 2.05. The maximum atomic E-state index is 11.1. The van der Waals surface area contributed by atoms with E-state index < -0.39 is 10.8 Å². The van der Waals surface area contributed by atoms with Crippen LogP contribution >= 0.6 is 0 Å². The number of esters is 1. The Morgan fingerprint density at radius 1 is 1.40 bits per heavy atom.